The van der Waals surface area contributed by atoms with Gasteiger partial charge in [0.2, 0.25) is 11.8 Å². The number of rotatable bonds is 3. The maximum atomic E-state index is 5.08. The third-order valence-corrected chi connectivity index (χ3v) is 3.38. The first-order chi connectivity index (χ1) is 8.19. The van der Waals surface area contributed by atoms with E-state index in [4.69, 9.17) is 4.74 Å². The highest BCUT2D eigenvalue weighted by atomic mass is 16.5. The number of methoxy groups -OCH3 is 1. The van der Waals surface area contributed by atoms with Crippen LogP contribution >= 0.6 is 0 Å². The van der Waals surface area contributed by atoms with Gasteiger partial charge in [0, 0.05) is 30.9 Å². The van der Waals surface area contributed by atoms with Gasteiger partial charge in [0.25, 0.3) is 0 Å². The molecule has 1 aromatic rings. The molecule has 1 aliphatic rings. The average molecular weight is 236 g/mol. The Balaban J connectivity index is 1.96. The molecule has 2 unspecified atom stereocenters. The van der Waals surface area contributed by atoms with Crippen molar-refractivity contribution in [1.82, 2.24) is 14.9 Å². The number of nitrogens with zero attached hydrogens (tertiary/aromatic N) is 3. The van der Waals surface area contributed by atoms with E-state index >= 15 is 0 Å². The number of nitrogens with one attached hydrogen (secondary N) is 1. The van der Waals surface area contributed by atoms with E-state index in [1.807, 2.05) is 0 Å². The molecule has 0 saturated carbocycles. The summed E-state index contributed by atoms with van der Waals surface area (Å²) in [5.41, 5.74) is 0. The Hall–Kier alpha value is -1.36. The summed E-state index contributed by atoms with van der Waals surface area (Å²) in [6, 6.07) is 2.81. The second-order valence-electron chi connectivity index (χ2n) is 4.62. The van der Waals surface area contributed by atoms with Crippen LogP contribution in [0, 0.1) is 0 Å². The Bertz CT molecular complexity index is 371. The molecule has 0 aromatic carbocycles. The highest BCUT2D eigenvalue weighted by Gasteiger charge is 2.23. The normalized spacial score (nSPS) is 25.6. The van der Waals surface area contributed by atoms with Crippen LogP contribution in [0.4, 0.5) is 5.95 Å². The minimum atomic E-state index is 0.452. The summed E-state index contributed by atoms with van der Waals surface area (Å²) < 4.78 is 5.08. The molecule has 1 saturated heterocycles. The van der Waals surface area contributed by atoms with Crippen LogP contribution in [0.5, 0.6) is 5.88 Å². The van der Waals surface area contributed by atoms with Crippen molar-refractivity contribution in [2.45, 2.75) is 31.8 Å². The zero-order valence-corrected chi connectivity index (χ0v) is 10.7. The van der Waals surface area contributed by atoms with E-state index < -0.39 is 0 Å². The standard InChI is InChI=1S/C12H20N4O/c1-9-8-10(5-7-16(9)2)14-12-13-6-4-11(15-12)17-3/h4,6,9-10H,5,7-8H2,1-3H3,(H,13,14,15). The highest BCUT2D eigenvalue weighted by Crippen LogP contribution is 2.18. The number of piperidine rings is 1. The number of aromatic nitrogens is 2. The van der Waals surface area contributed by atoms with Crippen LogP contribution in [-0.2, 0) is 0 Å². The third kappa shape index (κ3) is 3.06. The van der Waals surface area contributed by atoms with Crippen molar-refractivity contribution in [1.29, 1.82) is 0 Å². The fourth-order valence-electron chi connectivity index (χ4n) is 2.13. The van der Waals surface area contributed by atoms with E-state index in [1.54, 1.807) is 19.4 Å². The third-order valence-electron chi connectivity index (χ3n) is 3.38. The van der Waals surface area contributed by atoms with Gasteiger partial charge in [-0.1, -0.05) is 0 Å². The lowest BCUT2D eigenvalue weighted by molar-refractivity contribution is 0.189. The molecule has 5 heteroatoms. The second kappa shape index (κ2) is 5.31. The zero-order valence-electron chi connectivity index (χ0n) is 10.7. The summed E-state index contributed by atoms with van der Waals surface area (Å²) in [6.45, 7) is 3.36. The number of likely N-dealkylation sites (tertiary alicyclic amines) is 1. The van der Waals surface area contributed by atoms with Crippen LogP contribution in [0.1, 0.15) is 19.8 Å². The van der Waals surface area contributed by atoms with Crippen molar-refractivity contribution in [2.75, 3.05) is 26.0 Å². The molecule has 1 fully saturated rings. The molecular weight excluding hydrogens is 216 g/mol. The summed E-state index contributed by atoms with van der Waals surface area (Å²) in [5.74, 6) is 1.26. The van der Waals surface area contributed by atoms with E-state index in [9.17, 15) is 0 Å². The van der Waals surface area contributed by atoms with E-state index in [-0.39, 0.29) is 0 Å². The molecule has 2 rings (SSSR count). The number of anilines is 1. The van der Waals surface area contributed by atoms with Gasteiger partial charge in [-0.05, 0) is 26.8 Å². The Morgan fingerprint density at radius 2 is 2.35 bits per heavy atom. The molecule has 0 radical (unpaired) electrons. The van der Waals surface area contributed by atoms with E-state index in [0.29, 0.717) is 23.9 Å². The second-order valence-corrected chi connectivity index (χ2v) is 4.62. The van der Waals surface area contributed by atoms with Crippen LogP contribution in [0.25, 0.3) is 0 Å². The summed E-state index contributed by atoms with van der Waals surface area (Å²) in [6.07, 6.45) is 3.96. The smallest absolute Gasteiger partial charge is 0.226 e. The lowest BCUT2D eigenvalue weighted by atomic mass is 9.99. The molecule has 17 heavy (non-hydrogen) atoms. The molecule has 0 amide bonds. The van der Waals surface area contributed by atoms with E-state index in [0.717, 1.165) is 19.4 Å². The maximum absolute atomic E-state index is 5.08. The van der Waals surface area contributed by atoms with Crippen LogP contribution in [0.15, 0.2) is 12.3 Å². The largest absolute Gasteiger partial charge is 0.481 e. The Morgan fingerprint density at radius 1 is 1.53 bits per heavy atom. The summed E-state index contributed by atoms with van der Waals surface area (Å²) in [5, 5.41) is 3.38. The van der Waals surface area contributed by atoms with Gasteiger partial charge < -0.3 is 15.0 Å². The van der Waals surface area contributed by atoms with Gasteiger partial charge in [-0.2, -0.15) is 4.98 Å². The molecule has 0 spiro atoms. The minimum absolute atomic E-state index is 0.452. The molecule has 1 aromatic heterocycles. The van der Waals surface area contributed by atoms with Gasteiger partial charge in [0.1, 0.15) is 0 Å². The predicted molar refractivity (Wildman–Crippen MR) is 67.3 cm³/mol. The van der Waals surface area contributed by atoms with Gasteiger partial charge in [0.15, 0.2) is 0 Å². The number of ether oxygens (including phenoxy) is 1. The molecule has 94 valence electrons. The molecule has 0 aliphatic carbocycles. The van der Waals surface area contributed by atoms with Crippen molar-refractivity contribution in [3.8, 4) is 5.88 Å². The van der Waals surface area contributed by atoms with Crippen molar-refractivity contribution < 1.29 is 4.74 Å². The van der Waals surface area contributed by atoms with Crippen LogP contribution in [0.2, 0.25) is 0 Å². The quantitative estimate of drug-likeness (QED) is 0.859. The van der Waals surface area contributed by atoms with E-state index in [1.165, 1.54) is 0 Å². The lowest BCUT2D eigenvalue weighted by Gasteiger charge is -2.35. The topological polar surface area (TPSA) is 50.3 Å². The van der Waals surface area contributed by atoms with E-state index in [2.05, 4.69) is 34.2 Å². The first-order valence-electron chi connectivity index (χ1n) is 6.03. The van der Waals surface area contributed by atoms with Crippen molar-refractivity contribution >= 4 is 5.95 Å². The van der Waals surface area contributed by atoms with Crippen molar-refractivity contribution in [3.05, 3.63) is 12.3 Å². The monoisotopic (exact) mass is 236 g/mol. The highest BCUT2D eigenvalue weighted by molar-refractivity contribution is 5.29. The van der Waals surface area contributed by atoms with Crippen molar-refractivity contribution in [2.24, 2.45) is 0 Å². The van der Waals surface area contributed by atoms with Gasteiger partial charge in [0.05, 0.1) is 7.11 Å². The van der Waals surface area contributed by atoms with Crippen LogP contribution < -0.4 is 10.1 Å². The molecule has 2 atom stereocenters. The molecule has 1 aliphatic heterocycles. The first kappa shape index (κ1) is 12.1. The SMILES string of the molecule is COc1ccnc(NC2CCN(C)C(C)C2)n1. The van der Waals surface area contributed by atoms with Crippen LogP contribution in [-0.4, -0.2) is 47.7 Å². The molecule has 2 heterocycles. The Morgan fingerprint density at radius 3 is 3.06 bits per heavy atom. The fraction of sp³-hybridized carbons (Fsp3) is 0.667. The predicted octanol–water partition coefficient (Wildman–Crippen LogP) is 1.38. The van der Waals surface area contributed by atoms with Crippen molar-refractivity contribution in [3.63, 3.8) is 0 Å². The summed E-state index contributed by atoms with van der Waals surface area (Å²) in [7, 11) is 3.78. The summed E-state index contributed by atoms with van der Waals surface area (Å²) >= 11 is 0. The molecule has 1 N–H and O–H groups in total. The maximum Gasteiger partial charge on any atom is 0.226 e. The number of hydrogen-bond donors (Lipinski definition) is 1. The zero-order chi connectivity index (χ0) is 12.3. The van der Waals surface area contributed by atoms with Gasteiger partial charge in [-0.25, -0.2) is 4.98 Å². The average Bonchev–Trinajstić information content (AvgIpc) is 2.34. The first-order valence-corrected chi connectivity index (χ1v) is 6.03. The lowest BCUT2D eigenvalue weighted by Crippen LogP contribution is -2.42. The number of hydrogen-bond acceptors (Lipinski definition) is 5. The minimum Gasteiger partial charge on any atom is -0.481 e. The Kier molecular flexibility index (Phi) is 3.78. The van der Waals surface area contributed by atoms with Gasteiger partial charge in [-0.3, -0.25) is 0 Å². The fourth-order valence-corrected chi connectivity index (χ4v) is 2.13. The van der Waals surface area contributed by atoms with Gasteiger partial charge >= 0.3 is 0 Å². The van der Waals surface area contributed by atoms with Crippen LogP contribution in [0.3, 0.4) is 0 Å². The Labute approximate surface area is 102 Å². The van der Waals surface area contributed by atoms with Gasteiger partial charge in [-0.15, -0.1) is 0 Å². The molecule has 5 nitrogen and oxygen atoms in total. The molecular formula is C12H20N4O. The molecule has 0 bridgehead atoms. The summed E-state index contributed by atoms with van der Waals surface area (Å²) in [4.78, 5) is 10.9.